The van der Waals surface area contributed by atoms with Gasteiger partial charge in [0.15, 0.2) is 0 Å². The highest BCUT2D eigenvalue weighted by atomic mass is 32.1. The zero-order valence-electron chi connectivity index (χ0n) is 6.59. The second kappa shape index (κ2) is 1.81. The highest BCUT2D eigenvalue weighted by molar-refractivity contribution is 7.16. The smallest absolute Gasteiger partial charge is 0.0960 e. The lowest BCUT2D eigenvalue weighted by Gasteiger charge is -1.80. The van der Waals surface area contributed by atoms with E-state index in [1.807, 2.05) is 6.07 Å². The van der Waals surface area contributed by atoms with Crippen molar-refractivity contribution in [1.29, 1.82) is 0 Å². The van der Waals surface area contributed by atoms with E-state index in [4.69, 9.17) is 2.74 Å². The summed E-state index contributed by atoms with van der Waals surface area (Å²) in [5.74, 6) is 0. The van der Waals surface area contributed by atoms with E-state index in [1.54, 1.807) is 12.1 Å². The molecule has 2 heteroatoms. The quantitative estimate of drug-likeness (QED) is 0.543. The number of hydrogen-bond acceptors (Lipinski definition) is 2. The largest absolute Gasteiger partial charge is 0.245 e. The van der Waals surface area contributed by atoms with Crippen LogP contribution in [0.1, 0.15) is 2.74 Å². The molecule has 0 spiro atoms. The number of nitrogens with zero attached hydrogens (tertiary/aromatic N) is 1. The van der Waals surface area contributed by atoms with Crippen molar-refractivity contribution in [2.75, 3.05) is 0 Å². The highest BCUT2D eigenvalue weighted by Gasteiger charge is 1.89. The van der Waals surface area contributed by atoms with Crippen LogP contribution in [0.5, 0.6) is 0 Å². The number of benzene rings is 1. The van der Waals surface area contributed by atoms with Crippen LogP contribution in [0, 0.1) is 0 Å². The molecule has 0 N–H and O–H groups in total. The number of aromatic nitrogens is 1. The van der Waals surface area contributed by atoms with Gasteiger partial charge in [-0.05, 0) is 12.1 Å². The van der Waals surface area contributed by atoms with Crippen molar-refractivity contribution in [2.24, 2.45) is 0 Å². The normalized spacial score (nSPS) is 13.3. The first-order valence-electron chi connectivity index (χ1n) is 3.59. The fourth-order valence-corrected chi connectivity index (χ4v) is 1.29. The van der Waals surface area contributed by atoms with Gasteiger partial charge in [0.2, 0.25) is 0 Å². The van der Waals surface area contributed by atoms with Crippen molar-refractivity contribution >= 4 is 21.6 Å². The Hall–Kier alpha value is -0.890. The molecular formula is C7H5NS. The van der Waals surface area contributed by atoms with E-state index in [1.165, 1.54) is 11.3 Å². The molecule has 0 radical (unpaired) electrons. The Balaban J connectivity index is 2.82. The van der Waals surface area contributed by atoms with Crippen LogP contribution in [0.25, 0.3) is 10.2 Å². The third-order valence-corrected chi connectivity index (χ3v) is 1.87. The zero-order chi connectivity index (χ0) is 7.84. The van der Waals surface area contributed by atoms with Crippen LogP contribution in [0.4, 0.5) is 0 Å². The van der Waals surface area contributed by atoms with Gasteiger partial charge in [-0.2, -0.15) is 0 Å². The predicted molar refractivity (Wildman–Crippen MR) is 39.6 cm³/mol. The second-order valence-corrected chi connectivity index (χ2v) is 2.53. The molecule has 1 heterocycles. The molecule has 0 amide bonds. The Morgan fingerprint density at radius 1 is 1.56 bits per heavy atom. The minimum atomic E-state index is 0.311. The molecule has 0 saturated heterocycles. The molecule has 0 aliphatic carbocycles. The minimum absolute atomic E-state index is 0.311. The maximum atomic E-state index is 7.29. The lowest BCUT2D eigenvalue weighted by atomic mass is 10.3. The molecular weight excluding hydrogens is 130 g/mol. The van der Waals surface area contributed by atoms with E-state index in [0.29, 0.717) is 11.5 Å². The number of fused-ring (bicyclic) bond motifs is 1. The standard InChI is InChI=1S/C7H5NS/c1-2-4-7-6(3-1)8-5-9-7/h1-5H/i1D,5D. The Labute approximate surface area is 59.8 Å². The fraction of sp³-hybridized carbons (Fsp3) is 0. The molecule has 0 bridgehead atoms. The Morgan fingerprint density at radius 3 is 3.56 bits per heavy atom. The van der Waals surface area contributed by atoms with Crippen LogP contribution in [-0.2, 0) is 0 Å². The van der Waals surface area contributed by atoms with E-state index in [2.05, 4.69) is 4.98 Å². The number of hydrogen-bond donors (Lipinski definition) is 0. The molecule has 9 heavy (non-hydrogen) atoms. The average molecular weight is 137 g/mol. The van der Waals surface area contributed by atoms with Crippen molar-refractivity contribution in [3.05, 3.63) is 29.7 Å². The SMILES string of the molecule is [2H]c1ccc2sc([2H])nc2c1. The molecule has 2 aromatic rings. The van der Waals surface area contributed by atoms with Crippen molar-refractivity contribution in [3.63, 3.8) is 0 Å². The summed E-state index contributed by atoms with van der Waals surface area (Å²) in [6.07, 6.45) is 0. The second-order valence-electron chi connectivity index (χ2n) is 1.70. The van der Waals surface area contributed by atoms with E-state index in [9.17, 15) is 0 Å². The van der Waals surface area contributed by atoms with Crippen molar-refractivity contribution in [1.82, 2.24) is 4.98 Å². The van der Waals surface area contributed by atoms with Gasteiger partial charge in [0.05, 0.1) is 18.4 Å². The summed E-state index contributed by atoms with van der Waals surface area (Å²) in [7, 11) is 0. The van der Waals surface area contributed by atoms with Gasteiger partial charge in [0.1, 0.15) is 0 Å². The van der Waals surface area contributed by atoms with Crippen molar-refractivity contribution in [3.8, 4) is 0 Å². The van der Waals surface area contributed by atoms with Gasteiger partial charge >= 0.3 is 0 Å². The lowest BCUT2D eigenvalue weighted by molar-refractivity contribution is 1.50. The molecule has 44 valence electrons. The summed E-state index contributed by atoms with van der Waals surface area (Å²) in [5, 5.41) is 0. The third kappa shape index (κ3) is 0.715. The Bertz CT molecular complexity index is 396. The van der Waals surface area contributed by atoms with Crippen LogP contribution >= 0.6 is 11.3 Å². The number of rotatable bonds is 0. The molecule has 0 aliphatic heterocycles. The van der Waals surface area contributed by atoms with E-state index in [0.717, 1.165) is 10.2 Å². The average Bonchev–Trinajstić information content (AvgIpc) is 2.27. The van der Waals surface area contributed by atoms with Crippen LogP contribution < -0.4 is 0 Å². The molecule has 0 atom stereocenters. The van der Waals surface area contributed by atoms with Crippen LogP contribution in [-0.4, -0.2) is 4.98 Å². The molecule has 0 fully saturated rings. The number of para-hydroxylation sites is 1. The van der Waals surface area contributed by atoms with Crippen LogP contribution in [0.2, 0.25) is 0 Å². The predicted octanol–water partition coefficient (Wildman–Crippen LogP) is 2.30. The lowest BCUT2D eigenvalue weighted by Crippen LogP contribution is -1.61. The first-order chi connectivity index (χ1) is 5.25. The van der Waals surface area contributed by atoms with Gasteiger partial charge in [-0.1, -0.05) is 12.1 Å². The summed E-state index contributed by atoms with van der Waals surface area (Å²) in [5.41, 5.74) is 1.07. The summed E-state index contributed by atoms with van der Waals surface area (Å²) in [6.45, 7) is 0. The van der Waals surface area contributed by atoms with Crippen LogP contribution in [0.15, 0.2) is 29.7 Å². The monoisotopic (exact) mass is 137 g/mol. The van der Waals surface area contributed by atoms with E-state index in [-0.39, 0.29) is 0 Å². The summed E-state index contributed by atoms with van der Waals surface area (Å²) in [6, 6.07) is 5.65. The van der Waals surface area contributed by atoms with Gasteiger partial charge in [0, 0.05) is 0 Å². The van der Waals surface area contributed by atoms with Gasteiger partial charge in [-0.25, -0.2) is 4.98 Å². The van der Waals surface area contributed by atoms with Gasteiger partial charge in [0.25, 0.3) is 0 Å². The summed E-state index contributed by atoms with van der Waals surface area (Å²) >= 11 is 1.33. The zero-order valence-corrected chi connectivity index (χ0v) is 5.40. The van der Waals surface area contributed by atoms with Gasteiger partial charge < -0.3 is 0 Å². The molecule has 1 aromatic heterocycles. The highest BCUT2D eigenvalue weighted by Crippen LogP contribution is 2.15. The minimum Gasteiger partial charge on any atom is -0.245 e. The molecule has 2 rings (SSSR count). The molecule has 0 saturated carbocycles. The van der Waals surface area contributed by atoms with Gasteiger partial charge in [-0.3, -0.25) is 0 Å². The molecule has 0 aliphatic rings. The molecule has 1 nitrogen and oxygen atoms in total. The van der Waals surface area contributed by atoms with E-state index >= 15 is 0 Å². The first kappa shape index (κ1) is 3.32. The topological polar surface area (TPSA) is 12.9 Å². The Morgan fingerprint density at radius 2 is 2.56 bits per heavy atom. The molecule has 0 unspecified atom stereocenters. The van der Waals surface area contributed by atoms with Crippen LogP contribution in [0.3, 0.4) is 0 Å². The molecule has 1 aromatic carbocycles. The summed E-state index contributed by atoms with van der Waals surface area (Å²) in [4.78, 5) is 3.94. The fourth-order valence-electron chi connectivity index (χ4n) is 0.702. The third-order valence-electron chi connectivity index (χ3n) is 1.13. The number of thiazole rings is 1. The first-order valence-corrected chi connectivity index (χ1v) is 3.41. The maximum Gasteiger partial charge on any atom is 0.0960 e. The van der Waals surface area contributed by atoms with E-state index < -0.39 is 0 Å². The van der Waals surface area contributed by atoms with Crippen molar-refractivity contribution < 1.29 is 2.74 Å². The maximum absolute atomic E-state index is 7.29. The summed E-state index contributed by atoms with van der Waals surface area (Å²) < 4.78 is 15.5. The van der Waals surface area contributed by atoms with Crippen molar-refractivity contribution in [2.45, 2.75) is 0 Å². The van der Waals surface area contributed by atoms with Gasteiger partial charge in [-0.15, -0.1) is 11.3 Å². The Kier molecular flexibility index (Phi) is 0.668.